The van der Waals surface area contributed by atoms with Gasteiger partial charge in [-0.15, -0.1) is 0 Å². The monoisotopic (exact) mass is 672 g/mol. The first-order valence-corrected chi connectivity index (χ1v) is 19.0. The fourth-order valence-corrected chi connectivity index (χ4v) is 10.6. The zero-order valence-corrected chi connectivity index (χ0v) is 28.8. The molecule has 256 valence electrons. The van der Waals surface area contributed by atoms with Crippen molar-refractivity contribution in [3.63, 3.8) is 0 Å². The average Bonchev–Trinajstić information content (AvgIpc) is 3.54. The topological polar surface area (TPSA) is 83.0 Å². The van der Waals surface area contributed by atoms with Crippen LogP contribution in [0.2, 0.25) is 0 Å². The molecule has 51 heavy (non-hydrogen) atoms. The van der Waals surface area contributed by atoms with E-state index in [0.717, 1.165) is 55.6 Å². The van der Waals surface area contributed by atoms with Crippen molar-refractivity contribution in [1.82, 2.24) is 30.5 Å². The molecular formula is C44H44N6O. The Morgan fingerprint density at radius 3 is 1.84 bits per heavy atom. The van der Waals surface area contributed by atoms with Crippen LogP contribution in [0.5, 0.6) is 0 Å². The minimum atomic E-state index is -0.0500. The van der Waals surface area contributed by atoms with Crippen LogP contribution in [0.15, 0.2) is 121 Å². The summed E-state index contributed by atoms with van der Waals surface area (Å²) in [6, 6.07) is 43.4. The van der Waals surface area contributed by atoms with Gasteiger partial charge < -0.3 is 10.6 Å². The molecule has 0 bridgehead atoms. The van der Waals surface area contributed by atoms with Crippen molar-refractivity contribution in [2.45, 2.75) is 74.3 Å². The Balaban J connectivity index is 1.05. The molecule has 5 aliphatic rings. The highest BCUT2D eigenvalue weighted by atomic mass is 16.1. The molecule has 4 aliphatic heterocycles. The first-order valence-electron chi connectivity index (χ1n) is 19.0. The molecule has 7 heteroatoms. The van der Waals surface area contributed by atoms with Gasteiger partial charge in [-0.2, -0.15) is 0 Å². The smallest absolute Gasteiger partial charge is 0.163 e. The second-order valence-corrected chi connectivity index (χ2v) is 15.5. The van der Waals surface area contributed by atoms with Crippen LogP contribution in [-0.2, 0) is 4.79 Å². The summed E-state index contributed by atoms with van der Waals surface area (Å²) in [5, 5.41) is 8.18. The lowest BCUT2D eigenvalue weighted by atomic mass is 9.63. The summed E-state index contributed by atoms with van der Waals surface area (Å²) in [4.78, 5) is 33.2. The van der Waals surface area contributed by atoms with Crippen LogP contribution in [0.4, 0.5) is 0 Å². The highest BCUT2D eigenvalue weighted by molar-refractivity contribution is 5.86. The molecule has 4 aromatic carbocycles. The fraction of sp³-hybridized carbons (Fsp3) is 0.364. The number of fused-ring (bicyclic) bond motifs is 5. The molecule has 0 radical (unpaired) electrons. The Morgan fingerprint density at radius 2 is 1.20 bits per heavy atom. The van der Waals surface area contributed by atoms with Gasteiger partial charge in [0.1, 0.15) is 11.6 Å². The minimum absolute atomic E-state index is 0.0340. The van der Waals surface area contributed by atoms with Crippen LogP contribution in [0.3, 0.4) is 0 Å². The Kier molecular flexibility index (Phi) is 7.88. The summed E-state index contributed by atoms with van der Waals surface area (Å²) in [6.45, 7) is 0.909. The van der Waals surface area contributed by atoms with E-state index in [0.29, 0.717) is 47.4 Å². The third kappa shape index (κ3) is 5.45. The number of Topliss-reactive ketones (excluding diaryl/α,β-unsaturated/α-hetero) is 1. The van der Waals surface area contributed by atoms with Crippen LogP contribution in [0.1, 0.15) is 66.9 Å². The van der Waals surface area contributed by atoms with Crippen molar-refractivity contribution >= 4 is 5.78 Å². The molecule has 1 saturated carbocycles. The second-order valence-electron chi connectivity index (χ2n) is 15.5. The van der Waals surface area contributed by atoms with E-state index in [2.05, 4.69) is 100 Å². The van der Waals surface area contributed by atoms with Crippen molar-refractivity contribution in [1.29, 1.82) is 0 Å². The summed E-state index contributed by atoms with van der Waals surface area (Å²) in [5.41, 5.74) is 4.65. The molecule has 2 N–H and O–H groups in total. The number of rotatable bonds is 5. The van der Waals surface area contributed by atoms with E-state index >= 15 is 0 Å². The number of carbonyl (C=O) groups is 1. The van der Waals surface area contributed by atoms with Crippen molar-refractivity contribution in [3.8, 4) is 22.8 Å². The number of benzene rings is 4. The zero-order chi connectivity index (χ0) is 33.9. The molecule has 1 aromatic heterocycles. The highest BCUT2D eigenvalue weighted by Gasteiger charge is 2.64. The lowest BCUT2D eigenvalue weighted by Crippen LogP contribution is -2.68. The van der Waals surface area contributed by atoms with Gasteiger partial charge in [-0.25, -0.2) is 15.0 Å². The number of ketones is 1. The van der Waals surface area contributed by atoms with E-state index in [-0.39, 0.29) is 30.0 Å². The van der Waals surface area contributed by atoms with Crippen molar-refractivity contribution in [2.75, 3.05) is 6.54 Å². The fourth-order valence-electron chi connectivity index (χ4n) is 10.6. The van der Waals surface area contributed by atoms with E-state index in [1.165, 1.54) is 11.1 Å². The number of hydrogen-bond donors (Lipinski definition) is 2. The molecule has 7 nitrogen and oxygen atoms in total. The Bertz CT molecular complexity index is 1950. The van der Waals surface area contributed by atoms with Gasteiger partial charge in [0, 0.05) is 59.6 Å². The van der Waals surface area contributed by atoms with Crippen LogP contribution in [0.25, 0.3) is 22.8 Å². The Labute approximate surface area is 300 Å². The predicted molar refractivity (Wildman–Crippen MR) is 198 cm³/mol. The molecule has 5 heterocycles. The van der Waals surface area contributed by atoms with Gasteiger partial charge in [-0.05, 0) is 55.1 Å². The maximum Gasteiger partial charge on any atom is 0.163 e. The van der Waals surface area contributed by atoms with Gasteiger partial charge >= 0.3 is 0 Å². The van der Waals surface area contributed by atoms with E-state index in [9.17, 15) is 4.79 Å². The maximum atomic E-state index is 15.0. The minimum Gasteiger partial charge on any atom is -0.305 e. The van der Waals surface area contributed by atoms with Crippen molar-refractivity contribution in [3.05, 3.63) is 138 Å². The molecule has 0 amide bonds. The number of nitrogens with zero attached hydrogens (tertiary/aromatic N) is 4. The summed E-state index contributed by atoms with van der Waals surface area (Å²) in [7, 11) is 0. The van der Waals surface area contributed by atoms with Crippen molar-refractivity contribution in [2.24, 2.45) is 17.8 Å². The first-order chi connectivity index (χ1) is 25.2. The molecule has 1 aliphatic carbocycles. The Morgan fingerprint density at radius 1 is 0.608 bits per heavy atom. The SMILES string of the molecule is O=C1C2CC(c3ccccc3)CNC2N2C3CCC(c4ccccc4)NC3C3CC(c4nc(-c5ccccc5)nc(-c5ccccc5)n4)CC1C32. The van der Waals surface area contributed by atoms with Gasteiger partial charge in [-0.1, -0.05) is 121 Å². The zero-order valence-electron chi connectivity index (χ0n) is 28.8. The van der Waals surface area contributed by atoms with Crippen LogP contribution >= 0.6 is 0 Å². The number of piperidine rings is 3. The van der Waals surface area contributed by atoms with Crippen LogP contribution in [-0.4, -0.2) is 56.5 Å². The summed E-state index contributed by atoms with van der Waals surface area (Å²) in [6.07, 6.45) is 4.96. The number of nitrogens with one attached hydrogen (secondary N) is 2. The third-order valence-corrected chi connectivity index (χ3v) is 12.8. The lowest BCUT2D eigenvalue weighted by molar-refractivity contribution is -0.147. The molecular weight excluding hydrogens is 629 g/mol. The quantitative estimate of drug-likeness (QED) is 0.205. The third-order valence-electron chi connectivity index (χ3n) is 12.8. The molecule has 10 atom stereocenters. The maximum absolute atomic E-state index is 15.0. The van der Waals surface area contributed by atoms with E-state index in [1.807, 2.05) is 36.4 Å². The molecule has 10 unspecified atom stereocenters. The molecule has 4 saturated heterocycles. The number of hydrogen-bond acceptors (Lipinski definition) is 7. The lowest BCUT2D eigenvalue weighted by Gasteiger charge is -2.54. The molecule has 5 fully saturated rings. The highest BCUT2D eigenvalue weighted by Crippen LogP contribution is 2.56. The standard InChI is InChI=1S/C44H44N6O/c51-40-34-24-31(43-48-41(29-17-9-3-10-18-29)47-42(49-43)30-19-11-4-12-20-30)23-33-38-37(22-21-36(46-38)28-15-7-2-8-16-28)50(39(33)34)44-35(40)25-32(26-45-44)27-13-5-1-6-14-27/h1-20,31-39,44-46H,21-26H2. The van der Waals surface area contributed by atoms with E-state index in [4.69, 9.17) is 15.0 Å². The van der Waals surface area contributed by atoms with Crippen molar-refractivity contribution < 1.29 is 4.79 Å². The summed E-state index contributed by atoms with van der Waals surface area (Å²) >= 11 is 0. The van der Waals surface area contributed by atoms with E-state index in [1.54, 1.807) is 0 Å². The van der Waals surface area contributed by atoms with Gasteiger partial charge in [0.05, 0.1) is 6.17 Å². The van der Waals surface area contributed by atoms with Crippen LogP contribution < -0.4 is 10.6 Å². The van der Waals surface area contributed by atoms with Crippen LogP contribution in [0, 0.1) is 17.8 Å². The number of aromatic nitrogens is 3. The Hall–Kier alpha value is -4.56. The van der Waals surface area contributed by atoms with Gasteiger partial charge in [0.15, 0.2) is 11.6 Å². The largest absolute Gasteiger partial charge is 0.305 e. The van der Waals surface area contributed by atoms with Gasteiger partial charge in [-0.3, -0.25) is 9.69 Å². The molecule has 0 spiro atoms. The molecule has 5 aromatic rings. The number of carbonyl (C=O) groups excluding carboxylic acids is 1. The normalized spacial score (nSPS) is 32.8. The molecule has 10 rings (SSSR count). The van der Waals surface area contributed by atoms with E-state index < -0.39 is 0 Å². The van der Waals surface area contributed by atoms with Gasteiger partial charge in [0.25, 0.3) is 0 Å². The first kappa shape index (κ1) is 31.2. The predicted octanol–water partition coefficient (Wildman–Crippen LogP) is 7.16. The summed E-state index contributed by atoms with van der Waals surface area (Å²) in [5.74, 6) is 3.30. The second kappa shape index (κ2) is 12.9. The average molecular weight is 673 g/mol. The van der Waals surface area contributed by atoms with Gasteiger partial charge in [0.2, 0.25) is 0 Å². The summed E-state index contributed by atoms with van der Waals surface area (Å²) < 4.78 is 0.